The van der Waals surface area contributed by atoms with Crippen LogP contribution in [0.15, 0.2) is 42.5 Å². The van der Waals surface area contributed by atoms with Gasteiger partial charge in [-0.2, -0.15) is 0 Å². The fourth-order valence-corrected chi connectivity index (χ4v) is 3.14. The van der Waals surface area contributed by atoms with Crippen molar-refractivity contribution in [1.29, 1.82) is 0 Å². The van der Waals surface area contributed by atoms with Crippen molar-refractivity contribution in [3.8, 4) is 0 Å². The van der Waals surface area contributed by atoms with Gasteiger partial charge < -0.3 is 5.32 Å². The minimum atomic E-state index is 0.0595. The zero-order chi connectivity index (χ0) is 13.8. The number of halogens is 3. The van der Waals surface area contributed by atoms with Crippen molar-refractivity contribution in [2.75, 3.05) is 6.54 Å². The highest BCUT2D eigenvalue weighted by Gasteiger charge is 2.18. The molecule has 0 radical (unpaired) electrons. The molecule has 1 atom stereocenters. The molecular weight excluding hydrogens is 392 g/mol. The molecule has 100 valence electrons. The van der Waals surface area contributed by atoms with Crippen molar-refractivity contribution in [2.24, 2.45) is 0 Å². The van der Waals surface area contributed by atoms with Gasteiger partial charge in [0.25, 0.3) is 0 Å². The van der Waals surface area contributed by atoms with Crippen LogP contribution < -0.4 is 5.32 Å². The van der Waals surface area contributed by atoms with E-state index in [1.165, 1.54) is 9.13 Å². The van der Waals surface area contributed by atoms with Crippen LogP contribution in [0.25, 0.3) is 0 Å². The van der Waals surface area contributed by atoms with Crippen LogP contribution in [0.4, 0.5) is 0 Å². The topological polar surface area (TPSA) is 12.0 Å². The average molecular weight is 406 g/mol. The number of nitrogens with one attached hydrogen (secondary N) is 1. The zero-order valence-corrected chi connectivity index (χ0v) is 14.1. The predicted octanol–water partition coefficient (Wildman–Crippen LogP) is 5.30. The first-order chi connectivity index (χ1) is 9.13. The Bertz CT molecular complexity index is 572. The molecule has 0 spiro atoms. The average Bonchev–Trinajstić information content (AvgIpc) is 2.40. The Hall–Kier alpha value is -0.290. The summed E-state index contributed by atoms with van der Waals surface area (Å²) in [6.07, 6.45) is 0. The molecule has 0 aliphatic heterocycles. The molecule has 0 saturated heterocycles. The Morgan fingerprint density at radius 2 is 1.84 bits per heavy atom. The van der Waals surface area contributed by atoms with Gasteiger partial charge >= 0.3 is 0 Å². The molecule has 2 rings (SSSR count). The van der Waals surface area contributed by atoms with Gasteiger partial charge in [-0.05, 0) is 64.5 Å². The maximum absolute atomic E-state index is 6.33. The Morgan fingerprint density at radius 3 is 2.53 bits per heavy atom. The molecule has 0 aliphatic carbocycles. The highest BCUT2D eigenvalue weighted by atomic mass is 127. The normalized spacial score (nSPS) is 12.4. The third-order valence-corrected chi connectivity index (χ3v) is 4.46. The summed E-state index contributed by atoms with van der Waals surface area (Å²) in [5, 5.41) is 4.91. The lowest BCUT2D eigenvalue weighted by Gasteiger charge is -2.21. The second-order valence-electron chi connectivity index (χ2n) is 4.18. The Balaban J connectivity index is 2.51. The molecule has 0 fully saturated rings. The summed E-state index contributed by atoms with van der Waals surface area (Å²) < 4.78 is 1.21. The maximum atomic E-state index is 6.33. The first kappa shape index (κ1) is 15.1. The lowest BCUT2D eigenvalue weighted by Crippen LogP contribution is -2.23. The van der Waals surface area contributed by atoms with E-state index >= 15 is 0 Å². The summed E-state index contributed by atoms with van der Waals surface area (Å²) in [6, 6.07) is 13.9. The van der Waals surface area contributed by atoms with Gasteiger partial charge in [0, 0.05) is 13.6 Å². The van der Waals surface area contributed by atoms with Gasteiger partial charge in [-0.25, -0.2) is 0 Å². The fraction of sp³-hybridized carbons (Fsp3) is 0.200. The van der Waals surface area contributed by atoms with Gasteiger partial charge in [-0.15, -0.1) is 0 Å². The molecule has 1 nitrogen and oxygen atoms in total. The molecule has 0 aromatic heterocycles. The van der Waals surface area contributed by atoms with Gasteiger partial charge in [-0.3, -0.25) is 0 Å². The van der Waals surface area contributed by atoms with Crippen LogP contribution in [0.1, 0.15) is 24.1 Å². The van der Waals surface area contributed by atoms with E-state index in [1.54, 1.807) is 0 Å². The molecule has 2 aromatic carbocycles. The molecule has 2 aromatic rings. The molecule has 1 N–H and O–H groups in total. The first-order valence-electron chi connectivity index (χ1n) is 6.06. The zero-order valence-electron chi connectivity index (χ0n) is 10.5. The number of rotatable bonds is 4. The van der Waals surface area contributed by atoms with Crippen molar-refractivity contribution < 1.29 is 0 Å². The van der Waals surface area contributed by atoms with Gasteiger partial charge in [0.2, 0.25) is 0 Å². The SMILES string of the molecule is CCNC(c1cc(Cl)ccc1Cl)c1ccccc1I. The van der Waals surface area contributed by atoms with E-state index in [0.717, 1.165) is 17.1 Å². The van der Waals surface area contributed by atoms with Crippen LogP contribution in [0.3, 0.4) is 0 Å². The van der Waals surface area contributed by atoms with Crippen LogP contribution in [-0.4, -0.2) is 6.54 Å². The molecule has 1 unspecified atom stereocenters. The Labute approximate surface area is 137 Å². The third-order valence-electron chi connectivity index (χ3n) is 2.89. The lowest BCUT2D eigenvalue weighted by molar-refractivity contribution is 0.628. The molecule has 0 aliphatic rings. The van der Waals surface area contributed by atoms with Crippen molar-refractivity contribution in [2.45, 2.75) is 13.0 Å². The van der Waals surface area contributed by atoms with E-state index in [-0.39, 0.29) is 6.04 Å². The molecule has 4 heteroatoms. The molecule has 0 bridgehead atoms. The van der Waals surface area contributed by atoms with Gasteiger partial charge in [0.1, 0.15) is 0 Å². The molecule has 19 heavy (non-hydrogen) atoms. The van der Waals surface area contributed by atoms with Crippen LogP contribution >= 0.6 is 45.8 Å². The fourth-order valence-electron chi connectivity index (χ4n) is 2.04. The summed E-state index contributed by atoms with van der Waals surface area (Å²) in [5.41, 5.74) is 2.23. The highest BCUT2D eigenvalue weighted by Crippen LogP contribution is 2.32. The van der Waals surface area contributed by atoms with Crippen molar-refractivity contribution in [1.82, 2.24) is 5.32 Å². The summed E-state index contributed by atoms with van der Waals surface area (Å²) >= 11 is 14.8. The maximum Gasteiger partial charge on any atom is 0.0602 e. The second kappa shape index (κ2) is 6.93. The summed E-state index contributed by atoms with van der Waals surface area (Å²) in [6.45, 7) is 2.94. The van der Waals surface area contributed by atoms with Crippen molar-refractivity contribution in [3.05, 3.63) is 67.2 Å². The van der Waals surface area contributed by atoms with Crippen molar-refractivity contribution >= 4 is 45.8 Å². The molecule has 0 saturated carbocycles. The Morgan fingerprint density at radius 1 is 1.11 bits per heavy atom. The summed E-state index contributed by atoms with van der Waals surface area (Å²) in [7, 11) is 0. The van der Waals surface area contributed by atoms with Gasteiger partial charge in [0.05, 0.1) is 6.04 Å². The van der Waals surface area contributed by atoms with Crippen molar-refractivity contribution in [3.63, 3.8) is 0 Å². The molecular formula is C15H14Cl2IN. The molecule has 0 heterocycles. The van der Waals surface area contributed by atoms with Gasteiger partial charge in [0.15, 0.2) is 0 Å². The quantitative estimate of drug-likeness (QED) is 0.680. The van der Waals surface area contributed by atoms with E-state index < -0.39 is 0 Å². The van der Waals surface area contributed by atoms with Crippen LogP contribution in [0, 0.1) is 3.57 Å². The highest BCUT2D eigenvalue weighted by molar-refractivity contribution is 14.1. The summed E-state index contributed by atoms with van der Waals surface area (Å²) in [4.78, 5) is 0. The van der Waals surface area contributed by atoms with Gasteiger partial charge in [-0.1, -0.05) is 48.3 Å². The third kappa shape index (κ3) is 3.63. The predicted molar refractivity (Wildman–Crippen MR) is 91.1 cm³/mol. The van der Waals surface area contributed by atoms with E-state index in [1.807, 2.05) is 30.3 Å². The van der Waals surface area contributed by atoms with E-state index in [2.05, 4.69) is 47.0 Å². The first-order valence-corrected chi connectivity index (χ1v) is 7.89. The minimum Gasteiger partial charge on any atom is -0.306 e. The number of hydrogen-bond donors (Lipinski definition) is 1. The van der Waals surface area contributed by atoms with Crippen LogP contribution in [-0.2, 0) is 0 Å². The van der Waals surface area contributed by atoms with E-state index in [9.17, 15) is 0 Å². The Kier molecular flexibility index (Phi) is 5.51. The number of hydrogen-bond acceptors (Lipinski definition) is 1. The smallest absolute Gasteiger partial charge is 0.0602 e. The lowest BCUT2D eigenvalue weighted by atomic mass is 9.98. The summed E-state index contributed by atoms with van der Waals surface area (Å²) in [5.74, 6) is 0. The second-order valence-corrected chi connectivity index (χ2v) is 6.18. The van der Waals surface area contributed by atoms with Crippen LogP contribution in [0.5, 0.6) is 0 Å². The van der Waals surface area contributed by atoms with E-state index in [4.69, 9.17) is 23.2 Å². The largest absolute Gasteiger partial charge is 0.306 e. The molecule has 0 amide bonds. The van der Waals surface area contributed by atoms with E-state index in [0.29, 0.717) is 5.02 Å². The standard InChI is InChI=1S/C15H14Cl2IN/c1-2-19-15(11-5-3-4-6-14(11)18)12-9-10(16)7-8-13(12)17/h3-9,15,19H,2H2,1H3. The monoisotopic (exact) mass is 405 g/mol. The van der Waals surface area contributed by atoms with Crippen LogP contribution in [0.2, 0.25) is 10.0 Å². The minimum absolute atomic E-state index is 0.0595. The number of benzene rings is 2.